The number of carbonyl (C=O) groups excluding carboxylic acids is 4. The van der Waals surface area contributed by atoms with Crippen molar-refractivity contribution in [2.75, 3.05) is 27.2 Å². The third-order valence-electron chi connectivity index (χ3n) is 7.75. The molecular formula is C34H40N4O4. The van der Waals surface area contributed by atoms with Gasteiger partial charge in [-0.05, 0) is 22.6 Å². The molecule has 1 aliphatic rings. The molecule has 0 N–H and O–H groups in total. The van der Waals surface area contributed by atoms with Gasteiger partial charge in [-0.25, -0.2) is 0 Å². The Hall–Kier alpha value is -4.46. The number of amides is 4. The molecule has 0 saturated carbocycles. The molecule has 0 bridgehead atoms. The molecule has 2 atom stereocenters. The lowest BCUT2D eigenvalue weighted by atomic mass is 9.97. The highest BCUT2D eigenvalue weighted by atomic mass is 16.2. The summed E-state index contributed by atoms with van der Waals surface area (Å²) in [5, 5.41) is 0. The lowest BCUT2D eigenvalue weighted by Crippen LogP contribution is -2.60. The Morgan fingerprint density at radius 2 is 1.14 bits per heavy atom. The highest BCUT2D eigenvalue weighted by Gasteiger charge is 2.40. The highest BCUT2D eigenvalue weighted by molar-refractivity contribution is 5.95. The number of hydrogen-bond donors (Lipinski definition) is 0. The molecular weight excluding hydrogens is 528 g/mol. The Morgan fingerprint density at radius 3 is 1.67 bits per heavy atom. The van der Waals surface area contributed by atoms with Gasteiger partial charge in [0.15, 0.2) is 0 Å². The van der Waals surface area contributed by atoms with Crippen LogP contribution in [-0.4, -0.2) is 82.5 Å². The molecule has 1 aliphatic heterocycles. The monoisotopic (exact) mass is 568 g/mol. The van der Waals surface area contributed by atoms with Gasteiger partial charge in [-0.2, -0.15) is 0 Å². The maximum Gasteiger partial charge on any atom is 0.246 e. The standard InChI is InChI=1S/C34H40N4O4/c1-25(2)32-34(42)36(4)29(20-26-14-8-5-9-15-26)33(41)35(3)23-30(39)37(21-27-16-10-6-11-17-27)24-31(40)38(32)22-28-18-12-7-13-19-28/h5-19,25,29,32H,20-24H2,1-4H3/t29-,32-/m0/s1. The third kappa shape index (κ3) is 7.43. The second-order valence-electron chi connectivity index (χ2n) is 11.3. The van der Waals surface area contributed by atoms with Gasteiger partial charge in [-0.3, -0.25) is 19.2 Å². The molecule has 4 amide bonds. The van der Waals surface area contributed by atoms with Crippen LogP contribution < -0.4 is 0 Å². The van der Waals surface area contributed by atoms with E-state index in [0.29, 0.717) is 0 Å². The molecule has 0 spiro atoms. The van der Waals surface area contributed by atoms with Crippen LogP contribution in [0, 0.1) is 5.92 Å². The summed E-state index contributed by atoms with van der Waals surface area (Å²) in [6.07, 6.45) is 0.283. The van der Waals surface area contributed by atoms with E-state index in [0.717, 1.165) is 16.7 Å². The quantitative estimate of drug-likeness (QED) is 0.436. The average Bonchev–Trinajstić information content (AvgIpc) is 2.99. The summed E-state index contributed by atoms with van der Waals surface area (Å²) in [5.74, 6) is -1.54. The Labute approximate surface area is 248 Å². The van der Waals surface area contributed by atoms with E-state index in [1.807, 2.05) is 105 Å². The highest BCUT2D eigenvalue weighted by Crippen LogP contribution is 2.22. The molecule has 0 aromatic heterocycles. The van der Waals surface area contributed by atoms with Crippen LogP contribution in [0.4, 0.5) is 0 Å². The molecule has 1 saturated heterocycles. The van der Waals surface area contributed by atoms with Crippen LogP contribution in [-0.2, 0) is 38.7 Å². The smallest absolute Gasteiger partial charge is 0.246 e. The first-order valence-electron chi connectivity index (χ1n) is 14.4. The molecule has 1 fully saturated rings. The van der Waals surface area contributed by atoms with E-state index in [2.05, 4.69) is 0 Å². The topological polar surface area (TPSA) is 81.2 Å². The van der Waals surface area contributed by atoms with Crippen LogP contribution >= 0.6 is 0 Å². The molecule has 3 aromatic rings. The zero-order valence-electron chi connectivity index (χ0n) is 24.8. The number of benzene rings is 3. The molecule has 220 valence electrons. The fourth-order valence-corrected chi connectivity index (χ4v) is 5.41. The Balaban J connectivity index is 1.79. The van der Waals surface area contributed by atoms with Gasteiger partial charge in [0.1, 0.15) is 18.6 Å². The largest absolute Gasteiger partial charge is 0.335 e. The number of hydrogen-bond acceptors (Lipinski definition) is 4. The van der Waals surface area contributed by atoms with Crippen molar-refractivity contribution in [2.24, 2.45) is 5.92 Å². The minimum Gasteiger partial charge on any atom is -0.335 e. The number of rotatable bonds is 7. The normalized spacial score (nSPS) is 19.3. The summed E-state index contributed by atoms with van der Waals surface area (Å²) < 4.78 is 0. The maximum absolute atomic E-state index is 14.3. The van der Waals surface area contributed by atoms with Crippen molar-refractivity contribution in [1.29, 1.82) is 0 Å². The first-order chi connectivity index (χ1) is 20.2. The minimum atomic E-state index is -0.852. The van der Waals surface area contributed by atoms with Crippen molar-refractivity contribution >= 4 is 23.6 Å². The summed E-state index contributed by atoms with van der Waals surface area (Å²) >= 11 is 0. The van der Waals surface area contributed by atoms with Crippen molar-refractivity contribution in [3.63, 3.8) is 0 Å². The second-order valence-corrected chi connectivity index (χ2v) is 11.3. The lowest BCUT2D eigenvalue weighted by molar-refractivity contribution is -0.156. The van der Waals surface area contributed by atoms with Crippen LogP contribution in [0.3, 0.4) is 0 Å². The summed E-state index contributed by atoms with van der Waals surface area (Å²) in [6.45, 7) is 3.79. The average molecular weight is 569 g/mol. The van der Waals surface area contributed by atoms with Crippen molar-refractivity contribution in [3.05, 3.63) is 108 Å². The lowest BCUT2D eigenvalue weighted by Gasteiger charge is -2.40. The van der Waals surface area contributed by atoms with Gasteiger partial charge >= 0.3 is 0 Å². The number of likely N-dealkylation sites (N-methyl/N-ethyl adjacent to an activating group) is 2. The van der Waals surface area contributed by atoms with E-state index in [4.69, 9.17) is 0 Å². The van der Waals surface area contributed by atoms with Gasteiger partial charge in [0, 0.05) is 33.6 Å². The third-order valence-corrected chi connectivity index (χ3v) is 7.75. The summed E-state index contributed by atoms with van der Waals surface area (Å²) in [7, 11) is 3.20. The first kappa shape index (κ1) is 30.5. The summed E-state index contributed by atoms with van der Waals surface area (Å²) in [5.41, 5.74) is 2.63. The summed E-state index contributed by atoms with van der Waals surface area (Å²) in [6, 6.07) is 26.8. The van der Waals surface area contributed by atoms with E-state index < -0.39 is 12.1 Å². The van der Waals surface area contributed by atoms with Gasteiger partial charge < -0.3 is 19.6 Å². The first-order valence-corrected chi connectivity index (χ1v) is 14.4. The molecule has 1 heterocycles. The van der Waals surface area contributed by atoms with E-state index in [1.165, 1.54) is 14.7 Å². The van der Waals surface area contributed by atoms with Crippen molar-refractivity contribution in [2.45, 2.75) is 45.4 Å². The van der Waals surface area contributed by atoms with Crippen LogP contribution in [0.2, 0.25) is 0 Å². The van der Waals surface area contributed by atoms with Gasteiger partial charge in [0.2, 0.25) is 23.6 Å². The van der Waals surface area contributed by atoms with Crippen LogP contribution in [0.5, 0.6) is 0 Å². The van der Waals surface area contributed by atoms with Gasteiger partial charge in [-0.1, -0.05) is 105 Å². The van der Waals surface area contributed by atoms with Gasteiger partial charge in [0.25, 0.3) is 0 Å². The molecule has 0 unspecified atom stereocenters. The van der Waals surface area contributed by atoms with E-state index >= 15 is 0 Å². The Bertz CT molecular complexity index is 1360. The fourth-order valence-electron chi connectivity index (χ4n) is 5.41. The molecule has 4 rings (SSSR count). The van der Waals surface area contributed by atoms with Crippen LogP contribution in [0.1, 0.15) is 30.5 Å². The van der Waals surface area contributed by atoms with Gasteiger partial charge in [-0.15, -0.1) is 0 Å². The minimum absolute atomic E-state index is 0.201. The molecule has 42 heavy (non-hydrogen) atoms. The van der Waals surface area contributed by atoms with Crippen molar-refractivity contribution in [3.8, 4) is 0 Å². The predicted molar refractivity (Wildman–Crippen MR) is 162 cm³/mol. The Kier molecular flexibility index (Phi) is 10.1. The fraction of sp³-hybridized carbons (Fsp3) is 0.353. The predicted octanol–water partition coefficient (Wildman–Crippen LogP) is 3.61. The zero-order valence-corrected chi connectivity index (χ0v) is 24.8. The maximum atomic E-state index is 14.3. The molecule has 8 nitrogen and oxygen atoms in total. The zero-order chi connectivity index (χ0) is 30.2. The molecule has 3 aromatic carbocycles. The molecule has 8 heteroatoms. The summed E-state index contributed by atoms with van der Waals surface area (Å²) in [4.78, 5) is 62.0. The number of carbonyl (C=O) groups is 4. The molecule has 0 radical (unpaired) electrons. The van der Waals surface area contributed by atoms with Gasteiger partial charge in [0.05, 0.1) is 6.54 Å². The van der Waals surface area contributed by atoms with E-state index in [1.54, 1.807) is 19.0 Å². The second kappa shape index (κ2) is 13.9. The van der Waals surface area contributed by atoms with Crippen LogP contribution in [0.25, 0.3) is 0 Å². The SMILES string of the molecule is CC(C)[C@H]1C(=O)N(C)[C@@H](Cc2ccccc2)C(=O)N(C)CC(=O)N(Cc2ccccc2)CC(=O)N1Cc1ccccc1. The Morgan fingerprint density at radius 1 is 0.643 bits per heavy atom. The van der Waals surface area contributed by atoms with E-state index in [-0.39, 0.29) is 62.1 Å². The molecule has 0 aliphatic carbocycles. The van der Waals surface area contributed by atoms with E-state index in [9.17, 15) is 19.2 Å². The van der Waals surface area contributed by atoms with Crippen molar-refractivity contribution in [1.82, 2.24) is 19.6 Å². The van der Waals surface area contributed by atoms with Crippen molar-refractivity contribution < 1.29 is 19.2 Å². The van der Waals surface area contributed by atoms with Crippen LogP contribution in [0.15, 0.2) is 91.0 Å². The number of nitrogens with zero attached hydrogens (tertiary/aromatic N) is 4.